The lowest BCUT2D eigenvalue weighted by Crippen LogP contribution is -2.50. The number of nitrogens with one attached hydrogen (secondary N) is 2. The van der Waals surface area contributed by atoms with Gasteiger partial charge in [0.1, 0.15) is 0 Å². The Kier molecular flexibility index (Phi) is 9.18. The number of hydrogen-bond donors (Lipinski definition) is 3. The van der Waals surface area contributed by atoms with E-state index in [9.17, 15) is 9.59 Å². The van der Waals surface area contributed by atoms with Gasteiger partial charge in [-0.2, -0.15) is 0 Å². The van der Waals surface area contributed by atoms with Gasteiger partial charge in [-0.1, -0.05) is 13.8 Å². The maximum absolute atomic E-state index is 11.2. The molecule has 0 saturated heterocycles. The highest BCUT2D eigenvalue weighted by molar-refractivity contribution is 5.85. The van der Waals surface area contributed by atoms with Gasteiger partial charge in [-0.15, -0.1) is 12.4 Å². The molecule has 0 fully saturated rings. The SMILES string of the molecule is CCC(N)(CC)CNC(=O)CNC(C)=O.Cl. The minimum Gasteiger partial charge on any atom is -0.353 e. The Morgan fingerprint density at radius 1 is 1.19 bits per heavy atom. The standard InChI is InChI=1S/C10H21N3O2.ClH/c1-4-10(11,5-2)7-13-9(15)6-12-8(3)14;/h4-7,11H2,1-3H3,(H,12,14)(H,13,15);1H. The van der Waals surface area contributed by atoms with Crippen LogP contribution in [0.2, 0.25) is 0 Å². The first-order valence-corrected chi connectivity index (χ1v) is 5.23. The summed E-state index contributed by atoms with van der Waals surface area (Å²) in [6, 6.07) is 0. The minimum absolute atomic E-state index is 0. The molecule has 0 aromatic carbocycles. The van der Waals surface area contributed by atoms with Crippen LogP contribution in [0.1, 0.15) is 33.6 Å². The van der Waals surface area contributed by atoms with Gasteiger partial charge < -0.3 is 16.4 Å². The van der Waals surface area contributed by atoms with Crippen molar-refractivity contribution in [1.82, 2.24) is 10.6 Å². The molecule has 0 aliphatic heterocycles. The summed E-state index contributed by atoms with van der Waals surface area (Å²) < 4.78 is 0. The van der Waals surface area contributed by atoms with Crippen molar-refractivity contribution in [2.24, 2.45) is 5.73 Å². The average molecular weight is 252 g/mol. The van der Waals surface area contributed by atoms with Gasteiger partial charge in [-0.05, 0) is 12.8 Å². The minimum atomic E-state index is -0.341. The summed E-state index contributed by atoms with van der Waals surface area (Å²) in [5.74, 6) is -0.419. The smallest absolute Gasteiger partial charge is 0.239 e. The van der Waals surface area contributed by atoms with E-state index in [1.54, 1.807) is 0 Å². The average Bonchev–Trinajstić information content (AvgIpc) is 2.23. The molecule has 0 rings (SSSR count). The molecule has 0 aliphatic rings. The van der Waals surface area contributed by atoms with Gasteiger partial charge in [-0.25, -0.2) is 0 Å². The molecule has 0 aliphatic carbocycles. The van der Waals surface area contributed by atoms with Gasteiger partial charge in [0.05, 0.1) is 6.54 Å². The van der Waals surface area contributed by atoms with E-state index in [0.29, 0.717) is 6.54 Å². The second-order valence-electron chi connectivity index (χ2n) is 3.76. The lowest BCUT2D eigenvalue weighted by molar-refractivity contribution is -0.125. The van der Waals surface area contributed by atoms with Crippen LogP contribution in [0.5, 0.6) is 0 Å². The molecule has 0 unspecified atom stereocenters. The van der Waals surface area contributed by atoms with Crippen LogP contribution in [0.25, 0.3) is 0 Å². The van der Waals surface area contributed by atoms with E-state index in [1.807, 2.05) is 13.8 Å². The predicted molar refractivity (Wildman–Crippen MR) is 66.4 cm³/mol. The molecule has 0 heterocycles. The summed E-state index contributed by atoms with van der Waals surface area (Å²) in [7, 11) is 0. The highest BCUT2D eigenvalue weighted by atomic mass is 35.5. The van der Waals surface area contributed by atoms with Crippen LogP contribution >= 0.6 is 12.4 Å². The molecule has 6 heteroatoms. The quantitative estimate of drug-likeness (QED) is 0.630. The van der Waals surface area contributed by atoms with Gasteiger partial charge >= 0.3 is 0 Å². The number of carbonyl (C=O) groups is 2. The Hall–Kier alpha value is -0.810. The van der Waals surface area contributed by atoms with Crippen molar-refractivity contribution in [1.29, 1.82) is 0 Å². The summed E-state index contributed by atoms with van der Waals surface area (Å²) in [6.07, 6.45) is 1.62. The lowest BCUT2D eigenvalue weighted by atomic mass is 9.94. The highest BCUT2D eigenvalue weighted by Gasteiger charge is 2.20. The maximum atomic E-state index is 11.2. The van der Waals surface area contributed by atoms with E-state index in [-0.39, 0.29) is 36.3 Å². The van der Waals surface area contributed by atoms with Gasteiger partial charge in [0.2, 0.25) is 11.8 Å². The molecule has 0 atom stereocenters. The van der Waals surface area contributed by atoms with Crippen LogP contribution in [0.4, 0.5) is 0 Å². The third-order valence-corrected chi connectivity index (χ3v) is 2.54. The van der Waals surface area contributed by atoms with Crippen LogP contribution < -0.4 is 16.4 Å². The summed E-state index contributed by atoms with van der Waals surface area (Å²) in [6.45, 7) is 5.81. The van der Waals surface area contributed by atoms with Crippen molar-refractivity contribution < 1.29 is 9.59 Å². The number of rotatable bonds is 6. The fourth-order valence-electron chi connectivity index (χ4n) is 1.04. The van der Waals surface area contributed by atoms with Gasteiger partial charge in [0, 0.05) is 19.0 Å². The first kappa shape index (κ1) is 17.6. The van der Waals surface area contributed by atoms with E-state index in [0.717, 1.165) is 12.8 Å². The van der Waals surface area contributed by atoms with Crippen molar-refractivity contribution >= 4 is 24.2 Å². The van der Waals surface area contributed by atoms with E-state index < -0.39 is 0 Å². The summed E-state index contributed by atoms with van der Waals surface area (Å²) in [4.78, 5) is 21.8. The topological polar surface area (TPSA) is 84.2 Å². The van der Waals surface area contributed by atoms with Crippen molar-refractivity contribution in [2.75, 3.05) is 13.1 Å². The molecule has 5 nitrogen and oxygen atoms in total. The Morgan fingerprint density at radius 2 is 1.69 bits per heavy atom. The molecular formula is C10H22ClN3O2. The number of hydrogen-bond acceptors (Lipinski definition) is 3. The van der Waals surface area contributed by atoms with E-state index in [1.165, 1.54) is 6.92 Å². The van der Waals surface area contributed by atoms with Gasteiger partial charge in [0.15, 0.2) is 0 Å². The van der Waals surface area contributed by atoms with Crippen LogP contribution in [0.3, 0.4) is 0 Å². The third-order valence-electron chi connectivity index (χ3n) is 2.54. The fourth-order valence-corrected chi connectivity index (χ4v) is 1.04. The van der Waals surface area contributed by atoms with Gasteiger partial charge in [-0.3, -0.25) is 9.59 Å². The Labute approximate surface area is 103 Å². The summed E-state index contributed by atoms with van der Waals surface area (Å²) in [5, 5.41) is 5.13. The molecule has 0 bridgehead atoms. The Bertz CT molecular complexity index is 230. The lowest BCUT2D eigenvalue weighted by Gasteiger charge is -2.26. The zero-order chi connectivity index (χ0) is 11.9. The number of amides is 2. The Morgan fingerprint density at radius 3 is 2.06 bits per heavy atom. The largest absolute Gasteiger partial charge is 0.353 e. The van der Waals surface area contributed by atoms with Crippen LogP contribution in [0.15, 0.2) is 0 Å². The molecule has 0 saturated carbocycles. The van der Waals surface area contributed by atoms with Crippen molar-refractivity contribution in [2.45, 2.75) is 39.2 Å². The third kappa shape index (κ3) is 7.48. The molecule has 0 radical (unpaired) electrons. The predicted octanol–water partition coefficient (Wildman–Crippen LogP) is 0.178. The first-order valence-electron chi connectivity index (χ1n) is 5.23. The van der Waals surface area contributed by atoms with Crippen LogP contribution in [-0.4, -0.2) is 30.4 Å². The van der Waals surface area contributed by atoms with Crippen molar-refractivity contribution in [3.63, 3.8) is 0 Å². The Balaban J connectivity index is 0. The first-order chi connectivity index (χ1) is 6.93. The molecule has 96 valence electrons. The molecule has 0 aromatic rings. The van der Waals surface area contributed by atoms with E-state index in [2.05, 4.69) is 10.6 Å². The zero-order valence-corrected chi connectivity index (χ0v) is 10.9. The monoisotopic (exact) mass is 251 g/mol. The molecule has 16 heavy (non-hydrogen) atoms. The van der Waals surface area contributed by atoms with Crippen molar-refractivity contribution in [3.8, 4) is 0 Å². The molecule has 0 spiro atoms. The van der Waals surface area contributed by atoms with Crippen LogP contribution in [0, 0.1) is 0 Å². The van der Waals surface area contributed by atoms with E-state index in [4.69, 9.17) is 5.73 Å². The molecular weight excluding hydrogens is 230 g/mol. The molecule has 4 N–H and O–H groups in total. The molecule has 0 aromatic heterocycles. The fraction of sp³-hybridized carbons (Fsp3) is 0.800. The summed E-state index contributed by atoms with van der Waals surface area (Å²) in [5.41, 5.74) is 5.66. The zero-order valence-electron chi connectivity index (χ0n) is 10.1. The number of carbonyl (C=O) groups excluding carboxylic acids is 2. The summed E-state index contributed by atoms with van der Waals surface area (Å²) >= 11 is 0. The normalized spacial score (nSPS) is 10.2. The van der Waals surface area contributed by atoms with Gasteiger partial charge in [0.25, 0.3) is 0 Å². The van der Waals surface area contributed by atoms with Crippen molar-refractivity contribution in [3.05, 3.63) is 0 Å². The molecule has 2 amide bonds. The van der Waals surface area contributed by atoms with E-state index >= 15 is 0 Å². The number of halogens is 1. The number of nitrogens with two attached hydrogens (primary N) is 1. The van der Waals surface area contributed by atoms with Crippen LogP contribution in [-0.2, 0) is 9.59 Å². The maximum Gasteiger partial charge on any atom is 0.239 e. The highest BCUT2D eigenvalue weighted by Crippen LogP contribution is 2.08. The second kappa shape index (κ2) is 8.35. The second-order valence-corrected chi connectivity index (χ2v) is 3.76.